The first-order chi connectivity index (χ1) is 13.9. The van der Waals surface area contributed by atoms with Gasteiger partial charge < -0.3 is 15.1 Å². The van der Waals surface area contributed by atoms with Gasteiger partial charge in [0.2, 0.25) is 17.7 Å². The third kappa shape index (κ3) is 4.21. The summed E-state index contributed by atoms with van der Waals surface area (Å²) >= 11 is 0. The summed E-state index contributed by atoms with van der Waals surface area (Å²) in [6.07, 6.45) is 4.00. The number of rotatable bonds is 6. The maximum atomic E-state index is 12.5. The first-order valence-corrected chi connectivity index (χ1v) is 9.44. The summed E-state index contributed by atoms with van der Waals surface area (Å²) in [5.41, 5.74) is 0.927. The van der Waals surface area contributed by atoms with Gasteiger partial charge in [-0.2, -0.15) is 0 Å². The highest BCUT2D eigenvalue weighted by Gasteiger charge is 2.42. The van der Waals surface area contributed by atoms with Crippen LogP contribution in [0.1, 0.15) is 49.0 Å². The fourth-order valence-corrected chi connectivity index (χ4v) is 3.43. The minimum absolute atomic E-state index is 0.255. The average molecular weight is 397 g/mol. The zero-order valence-electron chi connectivity index (χ0n) is 16.3. The van der Waals surface area contributed by atoms with E-state index in [9.17, 15) is 19.2 Å². The Labute approximate surface area is 168 Å². The molecule has 1 aliphatic heterocycles. The van der Waals surface area contributed by atoms with Crippen molar-refractivity contribution < 1.29 is 23.6 Å². The van der Waals surface area contributed by atoms with Crippen molar-refractivity contribution in [2.45, 2.75) is 44.6 Å². The molecule has 29 heavy (non-hydrogen) atoms. The zero-order chi connectivity index (χ0) is 21.0. The maximum absolute atomic E-state index is 12.5. The van der Waals surface area contributed by atoms with Gasteiger partial charge in [-0.05, 0) is 43.5 Å². The number of amides is 4. The summed E-state index contributed by atoms with van der Waals surface area (Å²) in [5, 5.41) is 7.75. The van der Waals surface area contributed by atoms with Gasteiger partial charge >= 0.3 is 0 Å². The van der Waals surface area contributed by atoms with Crippen LogP contribution in [0.2, 0.25) is 0 Å². The predicted octanol–water partition coefficient (Wildman–Crippen LogP) is 2.12. The molecule has 152 valence electrons. The molecule has 3 N–H and O–H groups in total. The van der Waals surface area contributed by atoms with Gasteiger partial charge in [0, 0.05) is 12.1 Å². The molecule has 0 radical (unpaired) electrons. The average Bonchev–Trinajstić information content (AvgIpc) is 3.24. The van der Waals surface area contributed by atoms with Crippen LogP contribution < -0.4 is 16.0 Å². The number of nitrogens with one attached hydrogen (secondary N) is 3. The lowest BCUT2D eigenvalue weighted by atomic mass is 9.72. The van der Waals surface area contributed by atoms with Crippen LogP contribution in [0.5, 0.6) is 0 Å². The molecule has 1 aromatic heterocycles. The van der Waals surface area contributed by atoms with Crippen molar-refractivity contribution in [2.75, 3.05) is 5.32 Å². The van der Waals surface area contributed by atoms with Gasteiger partial charge in [-0.25, -0.2) is 0 Å². The van der Waals surface area contributed by atoms with Crippen molar-refractivity contribution in [1.29, 1.82) is 0 Å². The number of hydrogen-bond donors (Lipinski definition) is 3. The number of imide groups is 1. The van der Waals surface area contributed by atoms with Gasteiger partial charge in [-0.3, -0.25) is 24.5 Å². The SMILES string of the molecule is CCC1(c2ccc(NC(=O)C(C)NC(=O)c3ccoc3)cc2)CCC(=O)NC1=O. The number of hydrogen-bond acceptors (Lipinski definition) is 5. The molecule has 1 saturated heterocycles. The Bertz CT molecular complexity index is 920. The van der Waals surface area contributed by atoms with Crippen LogP contribution >= 0.6 is 0 Å². The van der Waals surface area contributed by atoms with E-state index < -0.39 is 17.4 Å². The molecule has 2 aromatic rings. The van der Waals surface area contributed by atoms with Gasteiger partial charge in [-0.1, -0.05) is 19.1 Å². The second kappa shape index (κ2) is 8.30. The van der Waals surface area contributed by atoms with E-state index in [2.05, 4.69) is 16.0 Å². The molecular formula is C21H23N3O5. The number of furan rings is 1. The molecule has 2 unspecified atom stereocenters. The molecule has 1 aromatic carbocycles. The van der Waals surface area contributed by atoms with Gasteiger partial charge in [-0.15, -0.1) is 0 Å². The van der Waals surface area contributed by atoms with E-state index >= 15 is 0 Å². The fourth-order valence-electron chi connectivity index (χ4n) is 3.43. The summed E-state index contributed by atoms with van der Waals surface area (Å²) in [7, 11) is 0. The molecule has 2 atom stereocenters. The standard InChI is InChI=1S/C21H23N3O5/c1-3-21(10-8-17(25)24-20(21)28)15-4-6-16(7-5-15)23-18(26)13(2)22-19(27)14-9-11-29-12-14/h4-7,9,11-13H,3,8,10H2,1-2H3,(H,22,27)(H,23,26)(H,24,25,28). The van der Waals surface area contributed by atoms with Gasteiger partial charge in [0.05, 0.1) is 17.2 Å². The quantitative estimate of drug-likeness (QED) is 0.646. The first-order valence-electron chi connectivity index (χ1n) is 9.44. The van der Waals surface area contributed by atoms with Crippen LogP contribution in [-0.4, -0.2) is 29.7 Å². The van der Waals surface area contributed by atoms with E-state index in [4.69, 9.17) is 4.42 Å². The van der Waals surface area contributed by atoms with Crippen molar-refractivity contribution in [3.63, 3.8) is 0 Å². The summed E-state index contributed by atoms with van der Waals surface area (Å²) in [6, 6.07) is 7.73. The van der Waals surface area contributed by atoms with E-state index in [1.54, 1.807) is 31.2 Å². The molecule has 2 heterocycles. The van der Waals surface area contributed by atoms with E-state index in [1.165, 1.54) is 18.6 Å². The minimum atomic E-state index is -0.755. The molecule has 0 aliphatic carbocycles. The van der Waals surface area contributed by atoms with Crippen LogP contribution in [-0.2, 0) is 19.8 Å². The van der Waals surface area contributed by atoms with Crippen molar-refractivity contribution >= 4 is 29.3 Å². The molecule has 0 spiro atoms. The van der Waals surface area contributed by atoms with E-state index in [0.717, 1.165) is 5.56 Å². The van der Waals surface area contributed by atoms with Gasteiger partial charge in [0.15, 0.2) is 0 Å². The van der Waals surface area contributed by atoms with Crippen molar-refractivity contribution in [1.82, 2.24) is 10.6 Å². The number of benzene rings is 1. The van der Waals surface area contributed by atoms with Crippen LogP contribution in [0.25, 0.3) is 0 Å². The zero-order valence-corrected chi connectivity index (χ0v) is 16.3. The highest BCUT2D eigenvalue weighted by Crippen LogP contribution is 2.36. The maximum Gasteiger partial charge on any atom is 0.255 e. The molecule has 4 amide bonds. The van der Waals surface area contributed by atoms with Crippen molar-refractivity contribution in [3.05, 3.63) is 54.0 Å². The Hall–Kier alpha value is -3.42. The molecule has 1 aliphatic rings. The van der Waals surface area contributed by atoms with Crippen LogP contribution in [0, 0.1) is 0 Å². The lowest BCUT2D eigenvalue weighted by Gasteiger charge is -2.35. The van der Waals surface area contributed by atoms with Gasteiger partial charge in [0.1, 0.15) is 12.3 Å². The normalized spacial score (nSPS) is 19.9. The summed E-state index contributed by atoms with van der Waals surface area (Å²) < 4.78 is 4.86. The summed E-state index contributed by atoms with van der Waals surface area (Å²) in [4.78, 5) is 48.3. The lowest BCUT2D eigenvalue weighted by Crippen LogP contribution is -2.51. The first kappa shape index (κ1) is 20.3. The number of carbonyl (C=O) groups excluding carboxylic acids is 4. The molecule has 0 bridgehead atoms. The third-order valence-electron chi connectivity index (χ3n) is 5.30. The van der Waals surface area contributed by atoms with E-state index in [0.29, 0.717) is 30.5 Å². The molecule has 0 saturated carbocycles. The van der Waals surface area contributed by atoms with Gasteiger partial charge in [0.25, 0.3) is 5.91 Å². The Morgan fingerprint density at radius 1 is 1.21 bits per heavy atom. The fraction of sp³-hybridized carbons (Fsp3) is 0.333. The highest BCUT2D eigenvalue weighted by molar-refractivity contribution is 6.03. The molecule has 3 rings (SSSR count). The Morgan fingerprint density at radius 2 is 1.93 bits per heavy atom. The second-order valence-electron chi connectivity index (χ2n) is 7.09. The summed E-state index contributed by atoms with van der Waals surface area (Å²) in [5.74, 6) is -1.32. The van der Waals surface area contributed by atoms with Crippen molar-refractivity contribution in [2.24, 2.45) is 0 Å². The highest BCUT2D eigenvalue weighted by atomic mass is 16.3. The molecule has 8 nitrogen and oxygen atoms in total. The molecule has 8 heteroatoms. The number of piperidine rings is 1. The number of anilines is 1. The Kier molecular flexibility index (Phi) is 5.81. The van der Waals surface area contributed by atoms with Crippen LogP contribution in [0.15, 0.2) is 47.3 Å². The summed E-state index contributed by atoms with van der Waals surface area (Å²) in [6.45, 7) is 3.49. The third-order valence-corrected chi connectivity index (χ3v) is 5.30. The smallest absolute Gasteiger partial charge is 0.255 e. The van der Waals surface area contributed by atoms with E-state index in [1.807, 2.05) is 6.92 Å². The topological polar surface area (TPSA) is 118 Å². The van der Waals surface area contributed by atoms with Crippen molar-refractivity contribution in [3.8, 4) is 0 Å². The van der Waals surface area contributed by atoms with Crippen LogP contribution in [0.4, 0.5) is 5.69 Å². The monoisotopic (exact) mass is 397 g/mol. The Morgan fingerprint density at radius 3 is 2.52 bits per heavy atom. The predicted molar refractivity (Wildman–Crippen MR) is 105 cm³/mol. The van der Waals surface area contributed by atoms with Crippen LogP contribution in [0.3, 0.4) is 0 Å². The minimum Gasteiger partial charge on any atom is -0.472 e. The number of carbonyl (C=O) groups is 4. The lowest BCUT2D eigenvalue weighted by molar-refractivity contribution is -0.138. The molecule has 1 fully saturated rings. The molecular weight excluding hydrogens is 374 g/mol. The van der Waals surface area contributed by atoms with E-state index in [-0.39, 0.29) is 17.7 Å². The second-order valence-corrected chi connectivity index (χ2v) is 7.09. The largest absolute Gasteiger partial charge is 0.472 e. The Balaban J connectivity index is 1.65.